The van der Waals surface area contributed by atoms with Gasteiger partial charge < -0.3 is 20.6 Å². The molecule has 0 aromatic carbocycles. The van der Waals surface area contributed by atoms with Gasteiger partial charge in [-0.15, -0.1) is 0 Å². The molecule has 3 atom stereocenters. The highest BCUT2D eigenvalue weighted by Gasteiger charge is 2.26. The largest absolute Gasteiger partial charge is 0.394 e. The van der Waals surface area contributed by atoms with Crippen molar-refractivity contribution < 1.29 is 20.1 Å². The minimum Gasteiger partial charge on any atom is -0.394 e. The van der Waals surface area contributed by atoms with Gasteiger partial charge in [0.25, 0.3) is 0 Å². The van der Waals surface area contributed by atoms with E-state index in [9.17, 15) is 20.1 Å². The van der Waals surface area contributed by atoms with Crippen molar-refractivity contribution in [3.05, 3.63) is 36.5 Å². The molecule has 0 rings (SSSR count). The van der Waals surface area contributed by atoms with E-state index in [0.717, 1.165) is 44.9 Å². The number of rotatable bonds is 55. The average Bonchev–Trinajstić information content (AvgIpc) is 3.32. The lowest BCUT2D eigenvalue weighted by molar-refractivity contribution is -0.124. The summed E-state index contributed by atoms with van der Waals surface area (Å²) < 4.78 is 0. The van der Waals surface area contributed by atoms with Crippen molar-refractivity contribution in [2.45, 2.75) is 340 Å². The van der Waals surface area contributed by atoms with Gasteiger partial charge in [0.05, 0.1) is 18.8 Å². The summed E-state index contributed by atoms with van der Waals surface area (Å²) in [5, 5.41) is 33.7. The van der Waals surface area contributed by atoms with Crippen LogP contribution in [0.4, 0.5) is 0 Å². The minimum absolute atomic E-state index is 0.150. The van der Waals surface area contributed by atoms with Gasteiger partial charge in [-0.1, -0.05) is 281 Å². The van der Waals surface area contributed by atoms with Gasteiger partial charge in [0, 0.05) is 6.42 Å². The zero-order chi connectivity index (χ0) is 47.9. The van der Waals surface area contributed by atoms with Crippen molar-refractivity contribution in [2.24, 2.45) is 0 Å². The second-order valence-corrected chi connectivity index (χ2v) is 20.5. The maximum atomic E-state index is 12.5. The Balaban J connectivity index is 3.50. The number of hydrogen-bond donors (Lipinski definition) is 4. The molecule has 0 aromatic heterocycles. The maximum Gasteiger partial charge on any atom is 0.220 e. The summed E-state index contributed by atoms with van der Waals surface area (Å²) in [6, 6.07) is -0.826. The van der Waals surface area contributed by atoms with Crippen LogP contribution in [0.5, 0.6) is 0 Å². The molecule has 0 spiro atoms. The lowest BCUT2D eigenvalue weighted by atomic mass is 10.0. The molecule has 0 heterocycles. The predicted octanol–water partition coefficient (Wildman–Crippen LogP) is 18.6. The van der Waals surface area contributed by atoms with E-state index in [4.69, 9.17) is 0 Å². The van der Waals surface area contributed by atoms with Gasteiger partial charge in [-0.2, -0.15) is 0 Å². The molecule has 0 aliphatic heterocycles. The lowest BCUT2D eigenvalue weighted by Crippen LogP contribution is -2.50. The Morgan fingerprint density at radius 3 is 0.970 bits per heavy atom. The van der Waals surface area contributed by atoms with Crippen LogP contribution in [0.2, 0.25) is 0 Å². The van der Waals surface area contributed by atoms with Crippen LogP contribution in [-0.4, -0.2) is 46.1 Å². The summed E-state index contributed by atoms with van der Waals surface area (Å²) in [5.74, 6) is -0.150. The Hall–Kier alpha value is -1.43. The van der Waals surface area contributed by atoms with Gasteiger partial charge in [0.2, 0.25) is 5.91 Å². The van der Waals surface area contributed by atoms with E-state index >= 15 is 0 Å². The molecule has 5 nitrogen and oxygen atoms in total. The van der Waals surface area contributed by atoms with Crippen molar-refractivity contribution in [2.75, 3.05) is 6.61 Å². The van der Waals surface area contributed by atoms with E-state index < -0.39 is 18.2 Å². The monoisotopic (exact) mass is 928 g/mol. The molecule has 66 heavy (non-hydrogen) atoms. The molecule has 0 bridgehead atoms. The number of nitrogens with one attached hydrogen (secondary N) is 1. The van der Waals surface area contributed by atoms with Crippen LogP contribution in [0.25, 0.3) is 0 Å². The average molecular weight is 929 g/mol. The quantitative estimate of drug-likeness (QED) is 0.0361. The fraction of sp³-hybridized carbons (Fsp3) is 0.885. The molecular weight excluding hydrogens is 811 g/mol. The fourth-order valence-electron chi connectivity index (χ4n) is 9.37. The van der Waals surface area contributed by atoms with Crippen LogP contribution in [0, 0.1) is 0 Å². The van der Waals surface area contributed by atoms with E-state index in [0.29, 0.717) is 12.8 Å². The molecule has 0 saturated heterocycles. The SMILES string of the molecule is CCCCCCCCCCCCC/C=C\C/C=C\CCCCCCCCCCCCCCCCCCCC(=O)NC(CO)C(O)C(O)CCC/C=C/CCCCCCCCCCCCCC. The molecule has 0 fully saturated rings. The lowest BCUT2D eigenvalue weighted by Gasteiger charge is -2.26. The van der Waals surface area contributed by atoms with Crippen molar-refractivity contribution in [1.82, 2.24) is 5.32 Å². The molecule has 0 saturated carbocycles. The van der Waals surface area contributed by atoms with Gasteiger partial charge in [0.1, 0.15) is 6.10 Å². The highest BCUT2D eigenvalue weighted by Crippen LogP contribution is 2.17. The summed E-state index contributed by atoms with van der Waals surface area (Å²) in [6.07, 6.45) is 73.2. The van der Waals surface area contributed by atoms with Crippen LogP contribution < -0.4 is 5.32 Å². The highest BCUT2D eigenvalue weighted by atomic mass is 16.3. The fourth-order valence-corrected chi connectivity index (χ4v) is 9.37. The van der Waals surface area contributed by atoms with Crippen molar-refractivity contribution >= 4 is 5.91 Å². The number of hydrogen-bond acceptors (Lipinski definition) is 4. The van der Waals surface area contributed by atoms with Crippen LogP contribution in [0.3, 0.4) is 0 Å². The van der Waals surface area contributed by atoms with Crippen molar-refractivity contribution in [3.63, 3.8) is 0 Å². The third-order valence-corrected chi connectivity index (χ3v) is 14.0. The molecule has 390 valence electrons. The first kappa shape index (κ1) is 64.6. The third-order valence-electron chi connectivity index (χ3n) is 14.0. The number of carbonyl (C=O) groups is 1. The van der Waals surface area contributed by atoms with Gasteiger partial charge in [-0.05, 0) is 70.6 Å². The minimum atomic E-state index is -1.16. The normalized spacial score (nSPS) is 13.5. The summed E-state index contributed by atoms with van der Waals surface area (Å²) >= 11 is 0. The molecule has 0 aliphatic rings. The first-order chi connectivity index (χ1) is 32.6. The van der Waals surface area contributed by atoms with E-state index in [1.54, 1.807) is 0 Å². The standard InChI is InChI=1S/C61H117NO4/c1-3-5-7-9-11-13-15-17-19-21-22-23-24-25-26-27-28-29-30-31-32-33-34-35-36-37-38-40-42-44-46-48-50-52-54-56-60(65)62-58(57-63)61(66)59(64)55-53-51-49-47-45-43-41-39-20-18-16-14-12-10-8-6-4-2/h24-25,27-28,47,49,58-59,61,63-64,66H,3-23,26,29-46,48,50-57H2,1-2H3,(H,62,65)/b25-24-,28-27-,49-47+. The molecule has 0 radical (unpaired) electrons. The molecule has 4 N–H and O–H groups in total. The Labute approximate surface area is 413 Å². The van der Waals surface area contributed by atoms with Gasteiger partial charge in [-0.3, -0.25) is 4.79 Å². The molecular formula is C61H117NO4. The Kier molecular flexibility index (Phi) is 54.9. The van der Waals surface area contributed by atoms with E-state index in [1.807, 2.05) is 0 Å². The van der Waals surface area contributed by atoms with Crippen LogP contribution in [0.1, 0.15) is 322 Å². The second-order valence-electron chi connectivity index (χ2n) is 20.5. The molecule has 5 heteroatoms. The van der Waals surface area contributed by atoms with E-state index in [-0.39, 0.29) is 12.5 Å². The zero-order valence-electron chi connectivity index (χ0n) is 44.6. The molecule has 1 amide bonds. The molecule has 0 aromatic rings. The number of amides is 1. The number of aliphatic hydroxyl groups is 3. The van der Waals surface area contributed by atoms with E-state index in [2.05, 4.69) is 55.6 Å². The second kappa shape index (κ2) is 56.2. The number of aliphatic hydroxyl groups excluding tert-OH is 3. The highest BCUT2D eigenvalue weighted by molar-refractivity contribution is 5.76. The van der Waals surface area contributed by atoms with Crippen LogP contribution in [0.15, 0.2) is 36.5 Å². The Morgan fingerprint density at radius 2 is 0.652 bits per heavy atom. The maximum absolute atomic E-state index is 12.5. The summed E-state index contributed by atoms with van der Waals surface area (Å²) in [5.41, 5.74) is 0. The topological polar surface area (TPSA) is 89.8 Å². The van der Waals surface area contributed by atoms with Crippen molar-refractivity contribution in [3.8, 4) is 0 Å². The van der Waals surface area contributed by atoms with Crippen molar-refractivity contribution in [1.29, 1.82) is 0 Å². The zero-order valence-corrected chi connectivity index (χ0v) is 44.6. The van der Waals surface area contributed by atoms with Gasteiger partial charge in [0.15, 0.2) is 0 Å². The summed E-state index contributed by atoms with van der Waals surface area (Å²) in [7, 11) is 0. The van der Waals surface area contributed by atoms with Gasteiger partial charge in [-0.25, -0.2) is 0 Å². The van der Waals surface area contributed by atoms with E-state index in [1.165, 1.54) is 250 Å². The first-order valence-electron chi connectivity index (χ1n) is 29.8. The Morgan fingerprint density at radius 1 is 0.379 bits per heavy atom. The van der Waals surface area contributed by atoms with Gasteiger partial charge >= 0.3 is 0 Å². The smallest absolute Gasteiger partial charge is 0.220 e. The third kappa shape index (κ3) is 50.4. The predicted molar refractivity (Wildman–Crippen MR) is 291 cm³/mol. The first-order valence-corrected chi connectivity index (χ1v) is 29.8. The number of unbranched alkanes of at least 4 members (excludes halogenated alkanes) is 41. The summed E-state index contributed by atoms with van der Waals surface area (Å²) in [6.45, 7) is 4.20. The van der Waals surface area contributed by atoms with Crippen LogP contribution >= 0.6 is 0 Å². The molecule has 3 unspecified atom stereocenters. The number of allylic oxidation sites excluding steroid dienone is 6. The summed E-state index contributed by atoms with van der Waals surface area (Å²) in [4.78, 5) is 12.5. The van der Waals surface area contributed by atoms with Crippen LogP contribution in [-0.2, 0) is 4.79 Å². The number of carbonyl (C=O) groups excluding carboxylic acids is 1. The molecule has 0 aliphatic carbocycles. The Bertz CT molecular complexity index is 1020.